The van der Waals surface area contributed by atoms with Crippen LogP contribution in [0.3, 0.4) is 0 Å². The zero-order valence-electron chi connectivity index (χ0n) is 31.2. The molecule has 0 aliphatic rings. The molecule has 0 saturated carbocycles. The fraction of sp³-hybridized carbons (Fsp3) is 0.156. The summed E-state index contributed by atoms with van der Waals surface area (Å²) in [6.07, 6.45) is 0. The predicted molar refractivity (Wildman–Crippen MR) is 287 cm³/mol. The maximum absolute atomic E-state index is 11.4. The van der Waals surface area contributed by atoms with Crippen molar-refractivity contribution in [3.8, 4) is 45.5 Å². The van der Waals surface area contributed by atoms with E-state index in [1.54, 1.807) is 37.0 Å². The summed E-state index contributed by atoms with van der Waals surface area (Å²) >= 11 is 0. The number of imidazole rings is 1. The maximum Gasteiger partial charge on any atom is 0.360 e. The number of hydrogen-bond donors (Lipinski definition) is 3. The zero-order chi connectivity index (χ0) is 42.1. The summed E-state index contributed by atoms with van der Waals surface area (Å²) in [7, 11) is 31.0. The van der Waals surface area contributed by atoms with Crippen molar-refractivity contribution in [3.05, 3.63) is 90.1 Å². The Morgan fingerprint density at radius 1 is 0.707 bits per heavy atom. The number of carboxylic acids is 1. The number of primary amides is 1. The summed E-state index contributed by atoms with van der Waals surface area (Å²) in [6.45, 7) is 0.741. The van der Waals surface area contributed by atoms with E-state index in [9.17, 15) is 9.59 Å². The van der Waals surface area contributed by atoms with Gasteiger partial charge in [0.2, 0.25) is 11.6 Å². The van der Waals surface area contributed by atoms with Gasteiger partial charge in [0.15, 0.2) is 23.0 Å². The maximum atomic E-state index is 11.4. The average molecular weight is 1050 g/mol. The van der Waals surface area contributed by atoms with Crippen LogP contribution in [0.5, 0.6) is 11.5 Å². The van der Waals surface area contributed by atoms with Gasteiger partial charge in [-0.3, -0.25) is 14.2 Å². The van der Waals surface area contributed by atoms with Crippen LogP contribution in [0, 0.1) is 0 Å². The number of ether oxygens (including phenoxy) is 2. The van der Waals surface area contributed by atoms with Gasteiger partial charge in [0.05, 0.1) is 25.3 Å². The van der Waals surface area contributed by atoms with Crippen molar-refractivity contribution in [2.24, 2.45) is 19.8 Å². The molecule has 0 aliphatic heterocycles. The van der Waals surface area contributed by atoms with Crippen LogP contribution in [0.2, 0.25) is 0 Å². The second-order valence-electron chi connectivity index (χ2n) is 11.5. The molecule has 8 atom stereocenters. The zero-order valence-corrected chi connectivity index (χ0v) is 45.8. The normalized spacial score (nSPS) is 11.1. The number of rotatable bonds is 12. The fourth-order valence-electron chi connectivity index (χ4n) is 5.40. The number of aromatic amines is 1. The first-order valence-corrected chi connectivity index (χ1v) is 40.7. The number of benzene rings is 3. The van der Waals surface area contributed by atoms with Gasteiger partial charge in [-0.2, -0.15) is 10.2 Å². The number of fused-ring (bicyclic) bond motifs is 1. The molecule has 8 unspecified atom stereocenters. The molecule has 0 aliphatic carbocycles. The first-order valence-electron chi connectivity index (χ1n) is 16.2. The van der Waals surface area contributed by atoms with Crippen LogP contribution in [-0.2, 0) is 14.1 Å². The number of nitrogens with zero attached hydrogens (tertiary/aromatic N) is 5. The Hall–Kier alpha value is 0.110. The molecule has 0 spiro atoms. The summed E-state index contributed by atoms with van der Waals surface area (Å²) in [4.78, 5) is 30.2. The van der Waals surface area contributed by atoms with Gasteiger partial charge in [0, 0.05) is 30.8 Å². The third-order valence-electron chi connectivity index (χ3n) is 7.69. The van der Waals surface area contributed by atoms with Gasteiger partial charge in [0.1, 0.15) is 11.4 Å². The van der Waals surface area contributed by atoms with Gasteiger partial charge < -0.3 is 25.3 Å². The monoisotopic (exact) mass is 1050 g/mol. The highest BCUT2D eigenvalue weighted by atomic mass is 33.3. The molecule has 0 fully saturated rings. The summed E-state index contributed by atoms with van der Waals surface area (Å²) < 4.78 is 14.1. The van der Waals surface area contributed by atoms with Crippen molar-refractivity contribution in [2.75, 3.05) is 14.2 Å². The highest BCUT2D eigenvalue weighted by Gasteiger charge is 2.32. The molecule has 58 heavy (non-hydrogen) atoms. The predicted octanol–water partition coefficient (Wildman–Crippen LogP) is 12.9. The molecule has 3 aromatic carbocycles. The highest BCUT2D eigenvalue weighted by Crippen LogP contribution is 3.21. The van der Waals surface area contributed by atoms with E-state index >= 15 is 0 Å². The fourth-order valence-corrected chi connectivity index (χ4v) is 153. The molecule has 12 nitrogen and oxygen atoms in total. The van der Waals surface area contributed by atoms with Crippen molar-refractivity contribution in [1.82, 2.24) is 29.5 Å². The molecule has 0 saturated heterocycles. The van der Waals surface area contributed by atoms with Crippen LogP contribution >= 0.6 is 113 Å². The Morgan fingerprint density at radius 3 is 1.57 bits per heavy atom. The quantitative estimate of drug-likeness (QED) is 0.102. The number of methoxy groups -OCH3 is 2. The second kappa shape index (κ2) is 24.8. The minimum absolute atomic E-state index is 0. The Labute approximate surface area is 365 Å². The van der Waals surface area contributed by atoms with Crippen molar-refractivity contribution in [2.45, 2.75) is 7.43 Å². The highest BCUT2D eigenvalue weighted by molar-refractivity contribution is 9.27. The molecule has 312 valence electrons. The third kappa shape index (κ3) is 13.3. The Kier molecular flexibility index (Phi) is 22.4. The Balaban J connectivity index is 0.000000246. The van der Waals surface area contributed by atoms with E-state index in [4.69, 9.17) is 20.3 Å². The number of aromatic carboxylic acids is 1. The van der Waals surface area contributed by atoms with Crippen LogP contribution in [0.15, 0.2) is 78.9 Å². The summed E-state index contributed by atoms with van der Waals surface area (Å²) in [6, 6.07) is 24.4. The molecule has 1 amide bonds. The second-order valence-corrected chi connectivity index (χ2v) is 65.0. The number of carbonyl (C=O) groups excluding carboxylic acids is 1. The molecule has 6 rings (SSSR count). The van der Waals surface area contributed by atoms with Crippen LogP contribution in [0.25, 0.3) is 45.1 Å². The number of nitrogens with two attached hydrogens (primary N) is 1. The minimum Gasteiger partial charge on any atom is -0.492 e. The molecular weight excluding hydrogens is 996 g/mol. The number of carboxylic acid groups (broad SMARTS) is 1. The van der Waals surface area contributed by atoms with Gasteiger partial charge in [-0.1, -0.05) is 68.1 Å². The van der Waals surface area contributed by atoms with Crippen LogP contribution in [0.4, 0.5) is 0 Å². The number of hydrogen-bond acceptors (Lipinski definition) is 7. The smallest absolute Gasteiger partial charge is 0.360 e. The van der Waals surface area contributed by atoms with Crippen LogP contribution in [-0.4, -0.2) is 60.7 Å². The molecule has 6 aromatic rings. The van der Waals surface area contributed by atoms with E-state index in [2.05, 4.69) is 91.6 Å². The molecule has 0 bridgehead atoms. The lowest BCUT2D eigenvalue weighted by Gasteiger charge is -2.37. The van der Waals surface area contributed by atoms with Crippen LogP contribution < -0.4 is 15.2 Å². The van der Waals surface area contributed by atoms with E-state index in [1.807, 2.05) is 67.7 Å². The van der Waals surface area contributed by atoms with E-state index in [0.29, 0.717) is 34.0 Å². The van der Waals surface area contributed by atoms with Crippen molar-refractivity contribution in [3.63, 3.8) is 0 Å². The van der Waals surface area contributed by atoms with Gasteiger partial charge in [-0.05, 0) is 60.1 Å². The largest absolute Gasteiger partial charge is 0.492 e. The lowest BCUT2D eigenvalue weighted by Crippen LogP contribution is -2.10. The topological polar surface area (TPSA) is 163 Å². The van der Waals surface area contributed by atoms with Gasteiger partial charge in [-0.15, -0.1) is 71.4 Å². The van der Waals surface area contributed by atoms with Gasteiger partial charge in [-0.25, -0.2) is 9.78 Å². The first-order chi connectivity index (χ1) is 27.0. The number of nitrogens with one attached hydrogen (secondary N) is 1. The number of aromatic nitrogens is 6. The Morgan fingerprint density at radius 2 is 1.16 bits per heavy atom. The number of aryl methyl sites for hydroxylation is 2. The third-order valence-corrected chi connectivity index (χ3v) is 86.6. The molecular formula is C32H49N7O5P14. The summed E-state index contributed by atoms with van der Waals surface area (Å²) in [5.41, 5.74) is 11.1. The summed E-state index contributed by atoms with van der Waals surface area (Å²) in [5, 5.41) is 17.6. The SMILES string of the molecule is C.COc1c(-c2nc3ccc(C(N)=O)cc3[nH]2)nn(C)c1-c1ccccc1.COc1c(C(=O)O)nn(C)c1-c1ccccc1.PP(P)P(P(P)P)P(P(P)P)P(P)P. The van der Waals surface area contributed by atoms with Crippen molar-refractivity contribution in [1.29, 1.82) is 0 Å². The first kappa shape index (κ1) is 52.5. The molecule has 0 radical (unpaired) electrons. The number of amides is 1. The lowest BCUT2D eigenvalue weighted by atomic mass is 10.1. The minimum atomic E-state index is -1.10. The van der Waals surface area contributed by atoms with Crippen molar-refractivity contribution < 1.29 is 24.2 Å². The van der Waals surface area contributed by atoms with Crippen LogP contribution in [0.1, 0.15) is 28.3 Å². The van der Waals surface area contributed by atoms with E-state index < -0.39 is 11.9 Å². The lowest BCUT2D eigenvalue weighted by molar-refractivity contribution is 0.0686. The summed E-state index contributed by atoms with van der Waals surface area (Å²) in [5.74, 6) is -0.0974. The van der Waals surface area contributed by atoms with E-state index in [-0.39, 0.29) is 60.8 Å². The standard InChI is InChI=1S/C19H17N5O2.C12H12N2O3.CH4.H16P14/c1-24-16(11-6-4-3-5-7-11)17(26-2)15(23-24)19-21-13-9-8-12(18(20)25)10-14(13)22-19;1-14-10(8-6-4-3-5-7-8)11(17-2)9(13-14)12(15)16;;1-9(2)13(10(3)4)14(11(5)6)12(7)8/h3-10H,1-2H3,(H2,20,25)(H,21,22);3-7H,1-2H3,(H,15,16);1H4;1-8H2. The molecule has 3 heterocycles. The number of carbonyl (C=O) groups is 2. The van der Waals surface area contributed by atoms with E-state index in [1.165, 1.54) is 11.8 Å². The Bertz CT molecular complexity index is 2240. The van der Waals surface area contributed by atoms with E-state index in [0.717, 1.165) is 22.3 Å². The average Bonchev–Trinajstić information content (AvgIpc) is 3.86. The number of H-pyrrole nitrogens is 1. The van der Waals surface area contributed by atoms with Gasteiger partial charge in [0.25, 0.3) is 0 Å². The van der Waals surface area contributed by atoms with Crippen molar-refractivity contribution >= 4 is 136 Å². The van der Waals surface area contributed by atoms with Gasteiger partial charge >= 0.3 is 5.97 Å². The molecule has 3 aromatic heterocycles. The molecule has 26 heteroatoms. The molecule has 4 N–H and O–H groups in total.